The van der Waals surface area contributed by atoms with Gasteiger partial charge < -0.3 is 21.1 Å². The molecule has 0 aliphatic heterocycles. The Morgan fingerprint density at radius 2 is 2.15 bits per heavy atom. The maximum absolute atomic E-state index is 13.4. The second-order valence-electron chi connectivity index (χ2n) is 7.08. The third-order valence-corrected chi connectivity index (χ3v) is 4.51. The predicted molar refractivity (Wildman–Crippen MR) is 100 cm³/mol. The molecule has 0 bridgehead atoms. The quantitative estimate of drug-likeness (QED) is 0.477. The SMILES string of the molecule is CN=C(NCc1ccc(O)c(F)c1)NC1CCCC(C(=O)NC(C)C)C1. The fraction of sp³-hybridized carbons (Fsp3) is 0.579. The van der Waals surface area contributed by atoms with E-state index in [0.29, 0.717) is 18.1 Å². The lowest BCUT2D eigenvalue weighted by Gasteiger charge is -2.30. The highest BCUT2D eigenvalue weighted by Gasteiger charge is 2.27. The van der Waals surface area contributed by atoms with Crippen molar-refractivity contribution in [3.8, 4) is 5.75 Å². The van der Waals surface area contributed by atoms with Gasteiger partial charge in [-0.15, -0.1) is 0 Å². The van der Waals surface area contributed by atoms with Gasteiger partial charge in [-0.2, -0.15) is 0 Å². The van der Waals surface area contributed by atoms with E-state index >= 15 is 0 Å². The average molecular weight is 364 g/mol. The molecule has 0 saturated heterocycles. The van der Waals surface area contributed by atoms with Crippen molar-refractivity contribution in [1.82, 2.24) is 16.0 Å². The van der Waals surface area contributed by atoms with Gasteiger partial charge in [-0.25, -0.2) is 4.39 Å². The third kappa shape index (κ3) is 5.89. The van der Waals surface area contributed by atoms with Gasteiger partial charge in [0.25, 0.3) is 0 Å². The first-order chi connectivity index (χ1) is 12.4. The predicted octanol–water partition coefficient (Wildman–Crippen LogP) is 2.28. The Bertz CT molecular complexity index is 648. The highest BCUT2D eigenvalue weighted by atomic mass is 19.1. The molecule has 6 nitrogen and oxygen atoms in total. The van der Waals surface area contributed by atoms with Crippen LogP contribution in [0.3, 0.4) is 0 Å². The van der Waals surface area contributed by atoms with Gasteiger partial charge in [0.2, 0.25) is 5.91 Å². The Labute approximate surface area is 154 Å². The topological polar surface area (TPSA) is 85.8 Å². The minimum atomic E-state index is -0.640. The highest BCUT2D eigenvalue weighted by molar-refractivity contribution is 5.81. The maximum atomic E-state index is 13.4. The number of carbonyl (C=O) groups is 1. The number of hydrogen-bond donors (Lipinski definition) is 4. The minimum Gasteiger partial charge on any atom is -0.505 e. The number of amides is 1. The number of halogens is 1. The molecule has 0 aromatic heterocycles. The van der Waals surface area contributed by atoms with Crippen LogP contribution in [0.5, 0.6) is 5.75 Å². The van der Waals surface area contributed by atoms with Crippen molar-refractivity contribution in [3.05, 3.63) is 29.6 Å². The number of phenols is 1. The second kappa shape index (κ2) is 9.40. The zero-order chi connectivity index (χ0) is 19.1. The lowest BCUT2D eigenvalue weighted by atomic mass is 9.85. The molecule has 144 valence electrons. The van der Waals surface area contributed by atoms with Crippen molar-refractivity contribution >= 4 is 11.9 Å². The largest absolute Gasteiger partial charge is 0.505 e. The summed E-state index contributed by atoms with van der Waals surface area (Å²) in [5, 5.41) is 18.7. The molecule has 0 spiro atoms. The lowest BCUT2D eigenvalue weighted by Crippen LogP contribution is -2.47. The molecule has 7 heteroatoms. The van der Waals surface area contributed by atoms with E-state index in [0.717, 1.165) is 25.7 Å². The van der Waals surface area contributed by atoms with Crippen molar-refractivity contribution in [3.63, 3.8) is 0 Å². The molecule has 4 N–H and O–H groups in total. The summed E-state index contributed by atoms with van der Waals surface area (Å²) in [6.07, 6.45) is 3.66. The van der Waals surface area contributed by atoms with Crippen molar-refractivity contribution in [2.24, 2.45) is 10.9 Å². The Balaban J connectivity index is 1.86. The van der Waals surface area contributed by atoms with Gasteiger partial charge in [0.05, 0.1) is 0 Å². The van der Waals surface area contributed by atoms with E-state index in [9.17, 15) is 14.3 Å². The zero-order valence-corrected chi connectivity index (χ0v) is 15.7. The van der Waals surface area contributed by atoms with Gasteiger partial charge >= 0.3 is 0 Å². The van der Waals surface area contributed by atoms with Crippen LogP contribution < -0.4 is 16.0 Å². The third-order valence-electron chi connectivity index (χ3n) is 4.51. The van der Waals surface area contributed by atoms with E-state index in [1.165, 1.54) is 12.1 Å². The van der Waals surface area contributed by atoms with Crippen LogP contribution in [0.1, 0.15) is 45.1 Å². The fourth-order valence-electron chi connectivity index (χ4n) is 3.20. The number of phenolic OH excluding ortho intramolecular Hbond substituents is 1. The Hall–Kier alpha value is -2.31. The summed E-state index contributed by atoms with van der Waals surface area (Å²) >= 11 is 0. The summed E-state index contributed by atoms with van der Waals surface area (Å²) in [5.41, 5.74) is 0.709. The van der Waals surface area contributed by atoms with Crippen LogP contribution in [0.25, 0.3) is 0 Å². The summed E-state index contributed by atoms with van der Waals surface area (Å²) in [6, 6.07) is 4.61. The number of rotatable bonds is 5. The van der Waals surface area contributed by atoms with Crippen LogP contribution in [0.2, 0.25) is 0 Å². The first-order valence-corrected chi connectivity index (χ1v) is 9.14. The molecular formula is C19H29FN4O2. The van der Waals surface area contributed by atoms with Gasteiger partial charge in [-0.3, -0.25) is 9.79 Å². The van der Waals surface area contributed by atoms with E-state index < -0.39 is 5.82 Å². The molecule has 1 aliphatic carbocycles. The maximum Gasteiger partial charge on any atom is 0.223 e. The van der Waals surface area contributed by atoms with Crippen LogP contribution in [-0.4, -0.2) is 36.1 Å². The van der Waals surface area contributed by atoms with Crippen LogP contribution in [-0.2, 0) is 11.3 Å². The van der Waals surface area contributed by atoms with Gasteiger partial charge in [0, 0.05) is 31.6 Å². The monoisotopic (exact) mass is 364 g/mol. The first-order valence-electron chi connectivity index (χ1n) is 9.14. The Morgan fingerprint density at radius 1 is 1.38 bits per heavy atom. The van der Waals surface area contributed by atoms with Crippen LogP contribution in [0.4, 0.5) is 4.39 Å². The molecule has 0 heterocycles. The molecule has 2 atom stereocenters. The summed E-state index contributed by atoms with van der Waals surface area (Å²) in [5.74, 6) is -0.238. The number of hydrogen-bond acceptors (Lipinski definition) is 3. The van der Waals surface area contributed by atoms with Gasteiger partial charge in [-0.1, -0.05) is 12.5 Å². The minimum absolute atomic E-state index is 0.0213. The second-order valence-corrected chi connectivity index (χ2v) is 7.08. The van der Waals surface area contributed by atoms with Gasteiger partial charge in [0.15, 0.2) is 17.5 Å². The van der Waals surface area contributed by atoms with Gasteiger partial charge in [-0.05, 0) is 50.8 Å². The average Bonchev–Trinajstić information content (AvgIpc) is 2.61. The highest BCUT2D eigenvalue weighted by Crippen LogP contribution is 2.24. The molecule has 1 aromatic carbocycles. The molecule has 2 rings (SSSR count). The molecule has 1 amide bonds. The fourth-order valence-corrected chi connectivity index (χ4v) is 3.20. The number of aromatic hydroxyl groups is 1. The molecule has 1 aliphatic rings. The lowest BCUT2D eigenvalue weighted by molar-refractivity contribution is -0.126. The molecule has 1 aromatic rings. The van der Waals surface area contributed by atoms with Crippen molar-refractivity contribution < 1.29 is 14.3 Å². The molecular weight excluding hydrogens is 335 g/mol. The smallest absolute Gasteiger partial charge is 0.223 e. The number of nitrogens with zero attached hydrogens (tertiary/aromatic N) is 1. The number of aliphatic imine (C=N–C) groups is 1. The van der Waals surface area contributed by atoms with Crippen LogP contribution in [0.15, 0.2) is 23.2 Å². The molecule has 1 saturated carbocycles. The van der Waals surface area contributed by atoms with Crippen molar-refractivity contribution in [2.75, 3.05) is 7.05 Å². The first kappa shape index (κ1) is 20.0. The Morgan fingerprint density at radius 3 is 2.81 bits per heavy atom. The number of guanidine groups is 1. The normalized spacial score (nSPS) is 20.7. The zero-order valence-electron chi connectivity index (χ0n) is 15.7. The van der Waals surface area contributed by atoms with Crippen molar-refractivity contribution in [2.45, 2.75) is 58.2 Å². The molecule has 2 unspecified atom stereocenters. The van der Waals surface area contributed by atoms with E-state index in [1.54, 1.807) is 13.1 Å². The molecule has 26 heavy (non-hydrogen) atoms. The van der Waals surface area contributed by atoms with E-state index in [1.807, 2.05) is 13.8 Å². The van der Waals surface area contributed by atoms with E-state index in [4.69, 9.17) is 0 Å². The van der Waals surface area contributed by atoms with E-state index in [2.05, 4.69) is 20.9 Å². The Kier molecular flexibility index (Phi) is 7.24. The van der Waals surface area contributed by atoms with Crippen LogP contribution >= 0.6 is 0 Å². The number of benzene rings is 1. The molecule has 0 radical (unpaired) electrons. The summed E-state index contributed by atoms with van der Waals surface area (Å²) in [7, 11) is 1.68. The summed E-state index contributed by atoms with van der Waals surface area (Å²) in [4.78, 5) is 16.4. The summed E-state index contributed by atoms with van der Waals surface area (Å²) in [6.45, 7) is 4.32. The van der Waals surface area contributed by atoms with Crippen molar-refractivity contribution in [1.29, 1.82) is 0 Å². The summed E-state index contributed by atoms with van der Waals surface area (Å²) < 4.78 is 13.4. The van der Waals surface area contributed by atoms with E-state index in [-0.39, 0.29) is 29.7 Å². The standard InChI is InChI=1S/C19H29FN4O2/c1-12(2)23-18(26)14-5-4-6-15(10-14)24-19(21-3)22-11-13-7-8-17(25)16(20)9-13/h7-9,12,14-15,25H,4-6,10-11H2,1-3H3,(H,23,26)(H2,21,22,24). The van der Waals surface area contributed by atoms with Crippen LogP contribution in [0, 0.1) is 11.7 Å². The number of nitrogens with one attached hydrogen (secondary N) is 3. The van der Waals surface area contributed by atoms with Gasteiger partial charge in [0.1, 0.15) is 0 Å². The number of carbonyl (C=O) groups excluding carboxylic acids is 1. The molecule has 1 fully saturated rings.